The molecule has 1 unspecified atom stereocenters. The topological polar surface area (TPSA) is 50.1 Å². The maximum Gasteiger partial charge on any atom is 0.0762 e. The summed E-state index contributed by atoms with van der Waals surface area (Å²) in [6, 6.07) is 2.46. The third kappa shape index (κ3) is 4.77. The lowest BCUT2D eigenvalue weighted by Gasteiger charge is -2.05. The van der Waals surface area contributed by atoms with E-state index in [9.17, 15) is 0 Å². The van der Waals surface area contributed by atoms with Crippen molar-refractivity contribution in [3.63, 3.8) is 0 Å². The van der Waals surface area contributed by atoms with Crippen LogP contribution in [0.4, 0.5) is 0 Å². The molecule has 92 valence electrons. The Morgan fingerprint density at radius 1 is 1.44 bits per heavy atom. The number of nitrogens with one attached hydrogen (secondary N) is 1. The predicted molar refractivity (Wildman–Crippen MR) is 65.2 cm³/mol. The second-order valence-electron chi connectivity index (χ2n) is 4.55. The number of aliphatic hydroxyl groups excluding tert-OH is 1. The molecule has 1 rings (SSSR count). The summed E-state index contributed by atoms with van der Waals surface area (Å²) in [5, 5.41) is 16.9. The van der Waals surface area contributed by atoms with Gasteiger partial charge in [0, 0.05) is 18.8 Å². The van der Waals surface area contributed by atoms with Crippen LogP contribution in [0.15, 0.2) is 12.3 Å². The molecule has 0 fully saturated rings. The molecular weight excluding hydrogens is 202 g/mol. The summed E-state index contributed by atoms with van der Waals surface area (Å²) in [6.07, 6.45) is 3.68. The van der Waals surface area contributed by atoms with Crippen molar-refractivity contribution >= 4 is 0 Å². The van der Waals surface area contributed by atoms with E-state index in [-0.39, 0.29) is 6.10 Å². The van der Waals surface area contributed by atoms with E-state index in [2.05, 4.69) is 24.3 Å². The minimum atomic E-state index is -0.193. The average Bonchev–Trinajstić information content (AvgIpc) is 2.65. The van der Waals surface area contributed by atoms with Gasteiger partial charge in [0.2, 0.25) is 0 Å². The van der Waals surface area contributed by atoms with Crippen LogP contribution in [0, 0.1) is 0 Å². The minimum absolute atomic E-state index is 0.193. The first-order valence-electron chi connectivity index (χ1n) is 6.02. The number of nitrogens with zero attached hydrogens (tertiary/aromatic N) is 2. The SMILES string of the molecule is CC(O)CCCNCc1ccn(C(C)C)n1. The van der Waals surface area contributed by atoms with Crippen LogP contribution in [0.3, 0.4) is 0 Å². The van der Waals surface area contributed by atoms with E-state index in [1.807, 2.05) is 23.9 Å². The molecule has 0 aromatic carbocycles. The van der Waals surface area contributed by atoms with Crippen LogP contribution in [-0.4, -0.2) is 27.5 Å². The van der Waals surface area contributed by atoms with Gasteiger partial charge in [-0.2, -0.15) is 5.10 Å². The molecule has 0 bridgehead atoms. The van der Waals surface area contributed by atoms with Crippen molar-refractivity contribution in [2.75, 3.05) is 6.54 Å². The lowest BCUT2D eigenvalue weighted by atomic mass is 10.2. The molecule has 0 spiro atoms. The van der Waals surface area contributed by atoms with Crippen LogP contribution in [0.1, 0.15) is 45.3 Å². The smallest absolute Gasteiger partial charge is 0.0762 e. The standard InChI is InChI=1S/C12H23N3O/c1-10(2)15-8-6-12(14-15)9-13-7-4-5-11(3)16/h6,8,10-11,13,16H,4-5,7,9H2,1-3H3. The molecule has 1 atom stereocenters. The zero-order chi connectivity index (χ0) is 12.0. The Balaban J connectivity index is 2.17. The van der Waals surface area contributed by atoms with E-state index in [4.69, 9.17) is 5.11 Å². The molecule has 16 heavy (non-hydrogen) atoms. The van der Waals surface area contributed by atoms with Gasteiger partial charge in [-0.05, 0) is 46.2 Å². The molecule has 0 radical (unpaired) electrons. The van der Waals surface area contributed by atoms with Crippen molar-refractivity contribution in [1.29, 1.82) is 0 Å². The van der Waals surface area contributed by atoms with Gasteiger partial charge in [-0.3, -0.25) is 4.68 Å². The maximum atomic E-state index is 9.09. The van der Waals surface area contributed by atoms with Gasteiger partial charge in [0.1, 0.15) is 0 Å². The van der Waals surface area contributed by atoms with Crippen LogP contribution in [0.2, 0.25) is 0 Å². The van der Waals surface area contributed by atoms with Crippen molar-refractivity contribution in [3.8, 4) is 0 Å². The van der Waals surface area contributed by atoms with E-state index in [0.29, 0.717) is 6.04 Å². The minimum Gasteiger partial charge on any atom is -0.393 e. The third-order valence-corrected chi connectivity index (χ3v) is 2.47. The summed E-state index contributed by atoms with van der Waals surface area (Å²) in [6.45, 7) is 7.79. The van der Waals surface area contributed by atoms with Gasteiger partial charge in [0.25, 0.3) is 0 Å². The molecule has 1 aromatic rings. The third-order valence-electron chi connectivity index (χ3n) is 2.47. The van der Waals surface area contributed by atoms with Crippen molar-refractivity contribution in [2.24, 2.45) is 0 Å². The van der Waals surface area contributed by atoms with Crippen molar-refractivity contribution in [3.05, 3.63) is 18.0 Å². The molecule has 0 saturated heterocycles. The molecule has 0 aliphatic rings. The van der Waals surface area contributed by atoms with E-state index in [1.165, 1.54) is 0 Å². The quantitative estimate of drug-likeness (QED) is 0.695. The van der Waals surface area contributed by atoms with Crippen LogP contribution in [0.25, 0.3) is 0 Å². The number of rotatable bonds is 7. The van der Waals surface area contributed by atoms with E-state index in [1.54, 1.807) is 0 Å². The van der Waals surface area contributed by atoms with Gasteiger partial charge >= 0.3 is 0 Å². The summed E-state index contributed by atoms with van der Waals surface area (Å²) < 4.78 is 1.97. The Labute approximate surface area is 97.7 Å². The van der Waals surface area contributed by atoms with Crippen molar-refractivity contribution < 1.29 is 5.11 Å². The number of hydrogen-bond donors (Lipinski definition) is 2. The van der Waals surface area contributed by atoms with Gasteiger partial charge in [0.05, 0.1) is 11.8 Å². The van der Waals surface area contributed by atoms with Crippen LogP contribution >= 0.6 is 0 Å². The van der Waals surface area contributed by atoms with Gasteiger partial charge < -0.3 is 10.4 Å². The molecule has 1 heterocycles. The first-order chi connectivity index (χ1) is 7.59. The largest absolute Gasteiger partial charge is 0.393 e. The summed E-state index contributed by atoms with van der Waals surface area (Å²) in [7, 11) is 0. The monoisotopic (exact) mass is 225 g/mol. The molecular formula is C12H23N3O. The molecule has 0 aliphatic carbocycles. The second kappa shape index (κ2) is 6.66. The molecule has 0 amide bonds. The van der Waals surface area contributed by atoms with E-state index < -0.39 is 0 Å². The highest BCUT2D eigenvalue weighted by Crippen LogP contribution is 2.03. The van der Waals surface area contributed by atoms with Crippen LogP contribution in [-0.2, 0) is 6.54 Å². The highest BCUT2D eigenvalue weighted by atomic mass is 16.3. The highest BCUT2D eigenvalue weighted by molar-refractivity contribution is 4.98. The molecule has 1 aromatic heterocycles. The van der Waals surface area contributed by atoms with Crippen LogP contribution < -0.4 is 5.32 Å². The fourth-order valence-corrected chi connectivity index (χ4v) is 1.50. The lowest BCUT2D eigenvalue weighted by Crippen LogP contribution is -2.17. The fourth-order valence-electron chi connectivity index (χ4n) is 1.50. The zero-order valence-corrected chi connectivity index (χ0v) is 10.5. The number of aliphatic hydroxyl groups is 1. The van der Waals surface area contributed by atoms with E-state index >= 15 is 0 Å². The maximum absolute atomic E-state index is 9.09. The van der Waals surface area contributed by atoms with E-state index in [0.717, 1.165) is 31.6 Å². The van der Waals surface area contributed by atoms with Gasteiger partial charge in [-0.25, -0.2) is 0 Å². The normalized spacial score (nSPS) is 13.3. The number of aromatic nitrogens is 2. The van der Waals surface area contributed by atoms with Gasteiger partial charge in [-0.15, -0.1) is 0 Å². The molecule has 4 nitrogen and oxygen atoms in total. The summed E-state index contributed by atoms with van der Waals surface area (Å²) in [5.74, 6) is 0. The van der Waals surface area contributed by atoms with Crippen LogP contribution in [0.5, 0.6) is 0 Å². The summed E-state index contributed by atoms with van der Waals surface area (Å²) >= 11 is 0. The average molecular weight is 225 g/mol. The van der Waals surface area contributed by atoms with Crippen molar-refractivity contribution in [2.45, 2.75) is 52.3 Å². The van der Waals surface area contributed by atoms with Crippen molar-refractivity contribution in [1.82, 2.24) is 15.1 Å². The first kappa shape index (κ1) is 13.2. The predicted octanol–water partition coefficient (Wildman–Crippen LogP) is 1.71. The first-order valence-corrected chi connectivity index (χ1v) is 6.02. The Morgan fingerprint density at radius 2 is 2.19 bits per heavy atom. The summed E-state index contributed by atoms with van der Waals surface area (Å²) in [4.78, 5) is 0. The van der Waals surface area contributed by atoms with Gasteiger partial charge in [-0.1, -0.05) is 0 Å². The molecule has 0 saturated carbocycles. The number of hydrogen-bond acceptors (Lipinski definition) is 3. The second-order valence-corrected chi connectivity index (χ2v) is 4.55. The lowest BCUT2D eigenvalue weighted by molar-refractivity contribution is 0.181. The Morgan fingerprint density at radius 3 is 2.75 bits per heavy atom. The Kier molecular flexibility index (Phi) is 5.49. The summed E-state index contributed by atoms with van der Waals surface area (Å²) in [5.41, 5.74) is 1.07. The Bertz CT molecular complexity index is 294. The highest BCUT2D eigenvalue weighted by Gasteiger charge is 2.01. The fraction of sp³-hybridized carbons (Fsp3) is 0.750. The molecule has 4 heteroatoms. The van der Waals surface area contributed by atoms with Gasteiger partial charge in [0.15, 0.2) is 0 Å². The Hall–Kier alpha value is -0.870. The molecule has 2 N–H and O–H groups in total. The zero-order valence-electron chi connectivity index (χ0n) is 10.5. The molecule has 0 aliphatic heterocycles.